The van der Waals surface area contributed by atoms with Crippen molar-refractivity contribution in [1.29, 1.82) is 0 Å². The van der Waals surface area contributed by atoms with Crippen molar-refractivity contribution in [2.75, 3.05) is 0 Å². The molecule has 24 heavy (non-hydrogen) atoms. The minimum atomic E-state index is -0.255. The Labute approximate surface area is 142 Å². The standard InChI is InChI=1S/C20H23FN2O/c1-14-5-7-15(8-6-14)13-22-20(24)23-19(16-3-2-4-16)17-9-11-18(21)12-10-17/h5-12,16,19H,2-4,13H2,1H3,(H2,22,23,24). The van der Waals surface area contributed by atoms with Crippen LogP contribution in [0.2, 0.25) is 0 Å². The van der Waals surface area contributed by atoms with Gasteiger partial charge in [-0.05, 0) is 48.9 Å². The molecule has 1 fully saturated rings. The minimum absolute atomic E-state index is 0.0580. The largest absolute Gasteiger partial charge is 0.334 e. The fraction of sp³-hybridized carbons (Fsp3) is 0.350. The van der Waals surface area contributed by atoms with Gasteiger partial charge in [-0.1, -0.05) is 48.4 Å². The third-order valence-electron chi connectivity index (χ3n) is 4.71. The molecule has 2 amide bonds. The van der Waals surface area contributed by atoms with E-state index in [9.17, 15) is 9.18 Å². The van der Waals surface area contributed by atoms with Crippen LogP contribution in [0.5, 0.6) is 0 Å². The smallest absolute Gasteiger partial charge is 0.315 e. The van der Waals surface area contributed by atoms with E-state index in [1.807, 2.05) is 31.2 Å². The first-order chi connectivity index (χ1) is 11.6. The van der Waals surface area contributed by atoms with Crippen molar-refractivity contribution in [2.24, 2.45) is 5.92 Å². The molecular weight excluding hydrogens is 303 g/mol. The van der Waals surface area contributed by atoms with Crippen molar-refractivity contribution in [1.82, 2.24) is 10.6 Å². The summed E-state index contributed by atoms with van der Waals surface area (Å²) in [6.07, 6.45) is 3.38. The van der Waals surface area contributed by atoms with Gasteiger partial charge in [-0.3, -0.25) is 0 Å². The molecule has 1 saturated carbocycles. The number of nitrogens with one attached hydrogen (secondary N) is 2. The Morgan fingerprint density at radius 1 is 1.12 bits per heavy atom. The summed E-state index contributed by atoms with van der Waals surface area (Å²) in [4.78, 5) is 12.3. The number of amides is 2. The zero-order valence-electron chi connectivity index (χ0n) is 13.9. The van der Waals surface area contributed by atoms with E-state index in [1.165, 1.54) is 24.1 Å². The number of hydrogen-bond donors (Lipinski definition) is 2. The maximum absolute atomic E-state index is 13.1. The molecule has 1 aliphatic rings. The van der Waals surface area contributed by atoms with Crippen molar-refractivity contribution in [3.8, 4) is 0 Å². The van der Waals surface area contributed by atoms with Gasteiger partial charge in [0.15, 0.2) is 0 Å². The van der Waals surface area contributed by atoms with E-state index < -0.39 is 0 Å². The molecule has 0 aliphatic heterocycles. The molecule has 1 unspecified atom stereocenters. The Balaban J connectivity index is 1.60. The van der Waals surface area contributed by atoms with Crippen molar-refractivity contribution >= 4 is 6.03 Å². The van der Waals surface area contributed by atoms with Gasteiger partial charge in [-0.25, -0.2) is 9.18 Å². The summed E-state index contributed by atoms with van der Waals surface area (Å²) in [7, 11) is 0. The predicted octanol–water partition coefficient (Wildman–Crippen LogP) is 4.47. The lowest BCUT2D eigenvalue weighted by Crippen LogP contribution is -2.41. The predicted molar refractivity (Wildman–Crippen MR) is 93.0 cm³/mol. The Hall–Kier alpha value is -2.36. The van der Waals surface area contributed by atoms with Crippen LogP contribution in [-0.2, 0) is 6.54 Å². The molecule has 1 atom stereocenters. The van der Waals surface area contributed by atoms with Crippen LogP contribution in [0.4, 0.5) is 9.18 Å². The quantitative estimate of drug-likeness (QED) is 0.836. The van der Waals surface area contributed by atoms with Gasteiger partial charge in [0.05, 0.1) is 6.04 Å². The molecule has 0 saturated heterocycles. The average molecular weight is 326 g/mol. The number of halogens is 1. The SMILES string of the molecule is Cc1ccc(CNC(=O)NC(c2ccc(F)cc2)C2CCC2)cc1. The molecule has 1 aliphatic carbocycles. The van der Waals surface area contributed by atoms with E-state index in [0.717, 1.165) is 24.0 Å². The second-order valence-corrected chi connectivity index (χ2v) is 6.53. The van der Waals surface area contributed by atoms with Crippen LogP contribution in [0.25, 0.3) is 0 Å². The van der Waals surface area contributed by atoms with Crippen LogP contribution < -0.4 is 10.6 Å². The molecule has 0 heterocycles. The van der Waals surface area contributed by atoms with Crippen LogP contribution in [0.15, 0.2) is 48.5 Å². The summed E-state index contributed by atoms with van der Waals surface area (Å²) in [5, 5.41) is 5.97. The number of benzene rings is 2. The molecule has 4 heteroatoms. The Morgan fingerprint density at radius 2 is 1.79 bits per heavy atom. The highest BCUT2D eigenvalue weighted by molar-refractivity contribution is 5.74. The molecule has 3 rings (SSSR count). The van der Waals surface area contributed by atoms with Crippen LogP contribution in [0.1, 0.15) is 42.0 Å². The van der Waals surface area contributed by atoms with E-state index in [0.29, 0.717) is 12.5 Å². The van der Waals surface area contributed by atoms with Crippen LogP contribution >= 0.6 is 0 Å². The first-order valence-corrected chi connectivity index (χ1v) is 8.47. The number of hydrogen-bond acceptors (Lipinski definition) is 1. The van der Waals surface area contributed by atoms with Crippen molar-refractivity contribution in [3.05, 3.63) is 71.0 Å². The molecule has 2 aromatic carbocycles. The van der Waals surface area contributed by atoms with Gasteiger partial charge in [-0.15, -0.1) is 0 Å². The summed E-state index contributed by atoms with van der Waals surface area (Å²) >= 11 is 0. The van der Waals surface area contributed by atoms with Crippen molar-refractivity contribution < 1.29 is 9.18 Å². The first-order valence-electron chi connectivity index (χ1n) is 8.47. The molecule has 2 aromatic rings. The lowest BCUT2D eigenvalue weighted by atomic mass is 9.77. The molecule has 3 nitrogen and oxygen atoms in total. The van der Waals surface area contributed by atoms with Crippen molar-refractivity contribution in [3.63, 3.8) is 0 Å². The van der Waals surface area contributed by atoms with Crippen molar-refractivity contribution in [2.45, 2.75) is 38.8 Å². The van der Waals surface area contributed by atoms with E-state index in [1.54, 1.807) is 12.1 Å². The average Bonchev–Trinajstić information content (AvgIpc) is 2.53. The number of urea groups is 1. The monoisotopic (exact) mass is 326 g/mol. The number of carbonyl (C=O) groups excluding carboxylic acids is 1. The molecule has 0 bridgehead atoms. The molecular formula is C20H23FN2O. The maximum Gasteiger partial charge on any atom is 0.315 e. The second-order valence-electron chi connectivity index (χ2n) is 6.53. The second kappa shape index (κ2) is 7.47. The fourth-order valence-electron chi connectivity index (χ4n) is 3.00. The highest BCUT2D eigenvalue weighted by Crippen LogP contribution is 2.37. The van der Waals surface area contributed by atoms with E-state index in [-0.39, 0.29) is 17.9 Å². The molecule has 0 aromatic heterocycles. The lowest BCUT2D eigenvalue weighted by Gasteiger charge is -2.34. The van der Waals surface area contributed by atoms with Crippen LogP contribution in [-0.4, -0.2) is 6.03 Å². The normalized spacial score (nSPS) is 15.4. The number of carbonyl (C=O) groups is 1. The van der Waals surface area contributed by atoms with Gasteiger partial charge in [0.25, 0.3) is 0 Å². The molecule has 2 N–H and O–H groups in total. The van der Waals surface area contributed by atoms with Gasteiger partial charge < -0.3 is 10.6 Å². The molecule has 0 radical (unpaired) electrons. The van der Waals surface area contributed by atoms with Gasteiger partial charge in [0, 0.05) is 6.54 Å². The van der Waals surface area contributed by atoms with E-state index in [2.05, 4.69) is 10.6 Å². The third-order valence-corrected chi connectivity index (χ3v) is 4.71. The van der Waals surface area contributed by atoms with Gasteiger partial charge in [0.2, 0.25) is 0 Å². The van der Waals surface area contributed by atoms with E-state index in [4.69, 9.17) is 0 Å². The fourth-order valence-corrected chi connectivity index (χ4v) is 3.00. The van der Waals surface area contributed by atoms with Gasteiger partial charge in [-0.2, -0.15) is 0 Å². The Kier molecular flexibility index (Phi) is 5.14. The van der Waals surface area contributed by atoms with Gasteiger partial charge >= 0.3 is 6.03 Å². The third kappa shape index (κ3) is 4.13. The molecule has 126 valence electrons. The number of rotatable bonds is 5. The number of aryl methyl sites for hydroxylation is 1. The summed E-state index contributed by atoms with van der Waals surface area (Å²) in [6, 6.07) is 14.3. The summed E-state index contributed by atoms with van der Waals surface area (Å²) in [5.41, 5.74) is 3.23. The summed E-state index contributed by atoms with van der Waals surface area (Å²) in [5.74, 6) is 0.176. The van der Waals surface area contributed by atoms with Gasteiger partial charge in [0.1, 0.15) is 5.82 Å². The first kappa shape index (κ1) is 16.5. The zero-order valence-corrected chi connectivity index (χ0v) is 13.9. The summed E-state index contributed by atoms with van der Waals surface area (Å²) in [6.45, 7) is 2.53. The Bertz CT molecular complexity index is 678. The highest BCUT2D eigenvalue weighted by atomic mass is 19.1. The minimum Gasteiger partial charge on any atom is -0.334 e. The van der Waals surface area contributed by atoms with Crippen LogP contribution in [0.3, 0.4) is 0 Å². The van der Waals surface area contributed by atoms with E-state index >= 15 is 0 Å². The zero-order chi connectivity index (χ0) is 16.9. The summed E-state index contributed by atoms with van der Waals surface area (Å²) < 4.78 is 13.1. The maximum atomic E-state index is 13.1. The Morgan fingerprint density at radius 3 is 2.38 bits per heavy atom. The lowest BCUT2D eigenvalue weighted by molar-refractivity contribution is 0.207. The van der Waals surface area contributed by atoms with Crippen LogP contribution in [0, 0.1) is 18.7 Å². The molecule has 0 spiro atoms. The highest BCUT2D eigenvalue weighted by Gasteiger charge is 2.29. The topological polar surface area (TPSA) is 41.1 Å².